The summed E-state index contributed by atoms with van der Waals surface area (Å²) < 4.78 is 0. The van der Waals surface area contributed by atoms with E-state index in [0.717, 1.165) is 25.9 Å². The van der Waals surface area contributed by atoms with E-state index in [1.54, 1.807) is 6.07 Å². The Morgan fingerprint density at radius 3 is 2.80 bits per heavy atom. The summed E-state index contributed by atoms with van der Waals surface area (Å²) in [5.74, 6) is 0.620. The average molecular weight is 204 g/mol. The Morgan fingerprint density at radius 2 is 2.13 bits per heavy atom. The first-order valence-corrected chi connectivity index (χ1v) is 5.06. The van der Waals surface area contributed by atoms with Crippen LogP contribution in [0.25, 0.3) is 0 Å². The van der Waals surface area contributed by atoms with Crippen LogP contribution in [0.2, 0.25) is 0 Å². The van der Waals surface area contributed by atoms with Crippen LogP contribution in [0.5, 0.6) is 0 Å². The van der Waals surface area contributed by atoms with Crippen molar-refractivity contribution in [1.29, 1.82) is 5.26 Å². The standard InChI is InChI=1S/C10H12N4O/c11-7-8-6-9(13-10(15)12-8)14-4-2-1-3-5-14/h6H,1-5H2,(H,12,13,15). The fourth-order valence-corrected chi connectivity index (χ4v) is 1.79. The normalized spacial score (nSPS) is 16.1. The second kappa shape index (κ2) is 4.13. The second-order valence-corrected chi connectivity index (χ2v) is 3.62. The van der Waals surface area contributed by atoms with Crippen LogP contribution >= 0.6 is 0 Å². The van der Waals surface area contributed by atoms with Crippen molar-refractivity contribution < 1.29 is 0 Å². The third-order valence-corrected chi connectivity index (χ3v) is 2.53. The summed E-state index contributed by atoms with van der Waals surface area (Å²) in [5.41, 5.74) is -0.176. The van der Waals surface area contributed by atoms with Crippen molar-refractivity contribution in [3.8, 4) is 6.07 Å². The van der Waals surface area contributed by atoms with Gasteiger partial charge in [0.25, 0.3) is 0 Å². The van der Waals surface area contributed by atoms with E-state index in [1.165, 1.54) is 6.42 Å². The molecule has 1 aromatic rings. The number of nitriles is 1. The Kier molecular flexibility index (Phi) is 2.68. The van der Waals surface area contributed by atoms with E-state index >= 15 is 0 Å². The Labute approximate surface area is 87.4 Å². The third kappa shape index (κ3) is 2.15. The molecule has 0 aromatic carbocycles. The van der Waals surface area contributed by atoms with Gasteiger partial charge in [-0.25, -0.2) is 4.79 Å². The molecular formula is C10H12N4O. The van der Waals surface area contributed by atoms with Crippen LogP contribution in [0.15, 0.2) is 10.9 Å². The number of aromatic nitrogens is 2. The van der Waals surface area contributed by atoms with Gasteiger partial charge in [0, 0.05) is 19.2 Å². The molecule has 1 aliphatic heterocycles. The van der Waals surface area contributed by atoms with Crippen molar-refractivity contribution in [3.05, 3.63) is 22.2 Å². The highest BCUT2D eigenvalue weighted by Crippen LogP contribution is 2.16. The van der Waals surface area contributed by atoms with Gasteiger partial charge in [0.05, 0.1) is 0 Å². The third-order valence-electron chi connectivity index (χ3n) is 2.53. The van der Waals surface area contributed by atoms with Gasteiger partial charge in [0.2, 0.25) is 0 Å². The van der Waals surface area contributed by atoms with E-state index in [1.807, 2.05) is 6.07 Å². The molecule has 1 saturated heterocycles. The van der Waals surface area contributed by atoms with Crippen molar-refractivity contribution in [3.63, 3.8) is 0 Å². The number of piperidine rings is 1. The molecule has 0 spiro atoms. The highest BCUT2D eigenvalue weighted by Gasteiger charge is 2.13. The van der Waals surface area contributed by atoms with Gasteiger partial charge in [-0.3, -0.25) is 4.98 Å². The molecule has 0 atom stereocenters. The maximum absolute atomic E-state index is 11.2. The lowest BCUT2D eigenvalue weighted by molar-refractivity contribution is 0.572. The molecule has 0 aliphatic carbocycles. The van der Waals surface area contributed by atoms with Crippen LogP contribution < -0.4 is 10.6 Å². The van der Waals surface area contributed by atoms with Gasteiger partial charge < -0.3 is 4.90 Å². The maximum atomic E-state index is 11.2. The van der Waals surface area contributed by atoms with Gasteiger partial charge in [-0.2, -0.15) is 10.2 Å². The molecule has 1 N–H and O–H groups in total. The van der Waals surface area contributed by atoms with Gasteiger partial charge in [-0.1, -0.05) is 0 Å². The molecule has 0 unspecified atom stereocenters. The molecule has 0 amide bonds. The molecule has 1 fully saturated rings. The predicted molar refractivity (Wildman–Crippen MR) is 55.6 cm³/mol. The minimum Gasteiger partial charge on any atom is -0.356 e. The number of anilines is 1. The first kappa shape index (κ1) is 9.71. The molecule has 78 valence electrons. The van der Waals surface area contributed by atoms with Gasteiger partial charge in [-0.05, 0) is 19.3 Å². The zero-order chi connectivity index (χ0) is 10.7. The summed E-state index contributed by atoms with van der Waals surface area (Å²) >= 11 is 0. The first-order chi connectivity index (χ1) is 7.29. The number of rotatable bonds is 1. The number of hydrogen-bond acceptors (Lipinski definition) is 4. The number of aromatic amines is 1. The zero-order valence-corrected chi connectivity index (χ0v) is 8.36. The van der Waals surface area contributed by atoms with E-state index in [2.05, 4.69) is 14.9 Å². The smallest absolute Gasteiger partial charge is 0.347 e. The molecule has 5 nitrogen and oxygen atoms in total. The van der Waals surface area contributed by atoms with E-state index in [-0.39, 0.29) is 5.69 Å². The maximum Gasteiger partial charge on any atom is 0.347 e. The van der Waals surface area contributed by atoms with Crippen LogP contribution in [0, 0.1) is 11.3 Å². The molecule has 2 rings (SSSR count). The summed E-state index contributed by atoms with van der Waals surface area (Å²) in [7, 11) is 0. The molecule has 2 heterocycles. The van der Waals surface area contributed by atoms with Gasteiger partial charge in [0.1, 0.15) is 17.6 Å². The van der Waals surface area contributed by atoms with Gasteiger partial charge in [0.15, 0.2) is 0 Å². The SMILES string of the molecule is N#Cc1cc(N2CCCCC2)nc(=O)[nH]1. The second-order valence-electron chi connectivity index (χ2n) is 3.62. The molecule has 1 aromatic heterocycles. The highest BCUT2D eigenvalue weighted by molar-refractivity contribution is 5.42. The summed E-state index contributed by atoms with van der Waals surface area (Å²) in [6, 6.07) is 3.56. The average Bonchev–Trinajstić information content (AvgIpc) is 2.29. The Balaban J connectivity index is 2.31. The Hall–Kier alpha value is -1.83. The Morgan fingerprint density at radius 1 is 1.40 bits per heavy atom. The van der Waals surface area contributed by atoms with Crippen LogP contribution in [0.3, 0.4) is 0 Å². The largest absolute Gasteiger partial charge is 0.356 e. The van der Waals surface area contributed by atoms with Crippen molar-refractivity contribution in [2.45, 2.75) is 19.3 Å². The van der Waals surface area contributed by atoms with E-state index < -0.39 is 5.69 Å². The Bertz CT molecular complexity index is 439. The molecule has 0 radical (unpaired) electrons. The summed E-state index contributed by atoms with van der Waals surface area (Å²) in [6.07, 6.45) is 3.47. The molecule has 1 aliphatic rings. The molecular weight excluding hydrogens is 192 g/mol. The van der Waals surface area contributed by atoms with Crippen molar-refractivity contribution in [2.24, 2.45) is 0 Å². The molecule has 5 heteroatoms. The summed E-state index contributed by atoms with van der Waals surface area (Å²) in [4.78, 5) is 19.5. The fraction of sp³-hybridized carbons (Fsp3) is 0.500. The lowest BCUT2D eigenvalue weighted by Gasteiger charge is -2.27. The topological polar surface area (TPSA) is 72.8 Å². The molecule has 0 saturated carbocycles. The number of hydrogen-bond donors (Lipinski definition) is 1. The first-order valence-electron chi connectivity index (χ1n) is 5.06. The summed E-state index contributed by atoms with van der Waals surface area (Å²) in [6.45, 7) is 1.84. The van der Waals surface area contributed by atoms with E-state index in [4.69, 9.17) is 5.26 Å². The van der Waals surface area contributed by atoms with Crippen molar-refractivity contribution >= 4 is 5.82 Å². The molecule has 0 bridgehead atoms. The van der Waals surface area contributed by atoms with Crippen molar-refractivity contribution in [2.75, 3.05) is 18.0 Å². The van der Waals surface area contributed by atoms with E-state index in [0.29, 0.717) is 5.82 Å². The fourth-order valence-electron chi connectivity index (χ4n) is 1.79. The van der Waals surface area contributed by atoms with Crippen LogP contribution in [0.4, 0.5) is 5.82 Å². The highest BCUT2D eigenvalue weighted by atomic mass is 16.1. The minimum absolute atomic E-state index is 0.274. The number of nitrogens with one attached hydrogen (secondary N) is 1. The summed E-state index contributed by atoms with van der Waals surface area (Å²) in [5, 5.41) is 8.72. The van der Waals surface area contributed by atoms with Gasteiger partial charge >= 0.3 is 5.69 Å². The minimum atomic E-state index is -0.449. The van der Waals surface area contributed by atoms with E-state index in [9.17, 15) is 4.79 Å². The number of H-pyrrole nitrogens is 1. The van der Waals surface area contributed by atoms with Crippen molar-refractivity contribution in [1.82, 2.24) is 9.97 Å². The van der Waals surface area contributed by atoms with Crippen LogP contribution in [0.1, 0.15) is 25.0 Å². The van der Waals surface area contributed by atoms with Gasteiger partial charge in [-0.15, -0.1) is 0 Å². The predicted octanol–water partition coefficient (Wildman–Crippen LogP) is 0.632. The lowest BCUT2D eigenvalue weighted by atomic mass is 10.1. The van der Waals surface area contributed by atoms with Crippen LogP contribution in [-0.4, -0.2) is 23.1 Å². The quantitative estimate of drug-likeness (QED) is 0.728. The lowest BCUT2D eigenvalue weighted by Crippen LogP contribution is -2.32. The zero-order valence-electron chi connectivity index (χ0n) is 8.36. The molecule has 15 heavy (non-hydrogen) atoms. The number of nitrogens with zero attached hydrogens (tertiary/aromatic N) is 3. The van der Waals surface area contributed by atoms with Crippen LogP contribution in [-0.2, 0) is 0 Å². The monoisotopic (exact) mass is 204 g/mol.